The quantitative estimate of drug-likeness (QED) is 0.905. The highest BCUT2D eigenvalue weighted by Crippen LogP contribution is 2.35. The van der Waals surface area contributed by atoms with Crippen LogP contribution in [0.5, 0.6) is 0 Å². The maximum Gasteiger partial charge on any atom is 0.298 e. The van der Waals surface area contributed by atoms with Crippen LogP contribution in [0, 0.1) is 0 Å². The first-order valence-corrected chi connectivity index (χ1v) is 9.87. The molecule has 0 spiro atoms. The third kappa shape index (κ3) is 3.11. The van der Waals surface area contributed by atoms with E-state index in [1.807, 2.05) is 6.07 Å². The zero-order valence-corrected chi connectivity index (χ0v) is 14.5. The Morgan fingerprint density at radius 1 is 1.22 bits per heavy atom. The lowest BCUT2D eigenvalue weighted by atomic mass is 10.1. The summed E-state index contributed by atoms with van der Waals surface area (Å²) < 4.78 is 0. The van der Waals surface area contributed by atoms with Crippen LogP contribution < -0.4 is 4.90 Å². The molecular formula is C17H20N3OS2+. The molecule has 1 fully saturated rings. The molecule has 6 heteroatoms. The Labute approximate surface area is 144 Å². The van der Waals surface area contributed by atoms with Gasteiger partial charge in [0, 0.05) is 24.1 Å². The molecule has 4 heterocycles. The maximum atomic E-state index is 12.8. The van der Waals surface area contributed by atoms with E-state index in [4.69, 9.17) is 5.10 Å². The standard InChI is InChI=1S/C17H19N3OS2/c21-17(12-19-7-1-2-8-19)20-14(16-6-4-10-23-16)11-13(18-20)15-5-3-9-22-15/h3-6,9-10,14H,1-2,7-8,11-12H2/p+1/t14-/m1/s1. The first-order valence-electron chi connectivity index (χ1n) is 8.11. The fourth-order valence-corrected chi connectivity index (χ4v) is 4.91. The van der Waals surface area contributed by atoms with Gasteiger partial charge in [-0.05, 0) is 22.9 Å². The van der Waals surface area contributed by atoms with Gasteiger partial charge < -0.3 is 4.90 Å². The summed E-state index contributed by atoms with van der Waals surface area (Å²) in [6.45, 7) is 2.80. The molecule has 0 aromatic carbocycles. The van der Waals surface area contributed by atoms with Gasteiger partial charge in [0.25, 0.3) is 5.91 Å². The Balaban J connectivity index is 1.57. The van der Waals surface area contributed by atoms with Crippen molar-refractivity contribution in [2.45, 2.75) is 25.3 Å². The van der Waals surface area contributed by atoms with Crippen LogP contribution >= 0.6 is 22.7 Å². The molecular weight excluding hydrogens is 326 g/mol. The van der Waals surface area contributed by atoms with Crippen molar-refractivity contribution in [3.63, 3.8) is 0 Å². The fraction of sp³-hybridized carbons (Fsp3) is 0.412. The molecule has 1 atom stereocenters. The Kier molecular flexibility index (Phi) is 4.29. The molecule has 2 aliphatic rings. The van der Waals surface area contributed by atoms with Gasteiger partial charge in [-0.25, -0.2) is 5.01 Å². The summed E-state index contributed by atoms with van der Waals surface area (Å²) in [5.74, 6) is 0.159. The number of hydrazone groups is 1. The number of likely N-dealkylation sites (tertiary alicyclic amines) is 1. The molecule has 0 aliphatic carbocycles. The lowest BCUT2D eigenvalue weighted by Gasteiger charge is -2.22. The van der Waals surface area contributed by atoms with Crippen molar-refractivity contribution in [2.24, 2.45) is 5.10 Å². The molecule has 2 aromatic heterocycles. The monoisotopic (exact) mass is 346 g/mol. The van der Waals surface area contributed by atoms with Crippen molar-refractivity contribution in [3.05, 3.63) is 44.8 Å². The summed E-state index contributed by atoms with van der Waals surface area (Å²) in [5.41, 5.74) is 1.04. The van der Waals surface area contributed by atoms with Crippen LogP contribution in [0.1, 0.15) is 35.1 Å². The minimum absolute atomic E-state index is 0.0709. The number of hydrogen-bond donors (Lipinski definition) is 1. The van der Waals surface area contributed by atoms with E-state index in [-0.39, 0.29) is 11.9 Å². The second kappa shape index (κ2) is 6.55. The minimum atomic E-state index is 0.0709. The Bertz CT molecular complexity index is 688. The topological polar surface area (TPSA) is 37.1 Å². The van der Waals surface area contributed by atoms with Gasteiger partial charge in [0.05, 0.1) is 29.7 Å². The molecule has 0 bridgehead atoms. The van der Waals surface area contributed by atoms with Crippen LogP contribution in [0.15, 0.2) is 40.1 Å². The van der Waals surface area contributed by atoms with Gasteiger partial charge in [0.2, 0.25) is 0 Å². The largest absolute Gasteiger partial charge is 0.327 e. The lowest BCUT2D eigenvalue weighted by Crippen LogP contribution is -3.11. The van der Waals surface area contributed by atoms with Crippen molar-refractivity contribution >= 4 is 34.3 Å². The zero-order valence-electron chi connectivity index (χ0n) is 12.9. The summed E-state index contributed by atoms with van der Waals surface area (Å²) in [6.07, 6.45) is 3.30. The Hall–Kier alpha value is -1.50. The molecule has 0 radical (unpaired) electrons. The van der Waals surface area contributed by atoms with Crippen molar-refractivity contribution in [1.82, 2.24) is 5.01 Å². The third-order valence-corrected chi connectivity index (χ3v) is 6.45. The van der Waals surface area contributed by atoms with Crippen molar-refractivity contribution in [3.8, 4) is 0 Å². The number of rotatable bonds is 4. The van der Waals surface area contributed by atoms with Crippen LogP contribution in [0.3, 0.4) is 0 Å². The number of quaternary nitrogens is 1. The van der Waals surface area contributed by atoms with Crippen LogP contribution in [0.4, 0.5) is 0 Å². The molecule has 1 amide bonds. The summed E-state index contributed by atoms with van der Waals surface area (Å²) in [7, 11) is 0. The summed E-state index contributed by atoms with van der Waals surface area (Å²) >= 11 is 3.41. The first-order chi connectivity index (χ1) is 11.3. The van der Waals surface area contributed by atoms with Crippen molar-refractivity contribution in [1.29, 1.82) is 0 Å². The number of carbonyl (C=O) groups excluding carboxylic acids is 1. The number of nitrogens with one attached hydrogen (secondary N) is 1. The molecule has 0 saturated carbocycles. The van der Waals surface area contributed by atoms with Crippen molar-refractivity contribution < 1.29 is 9.69 Å². The highest BCUT2D eigenvalue weighted by Gasteiger charge is 2.35. The summed E-state index contributed by atoms with van der Waals surface area (Å²) in [5, 5.41) is 10.6. The van der Waals surface area contributed by atoms with E-state index in [1.165, 1.54) is 27.5 Å². The minimum Gasteiger partial charge on any atom is -0.327 e. The van der Waals surface area contributed by atoms with Gasteiger partial charge in [0.15, 0.2) is 6.54 Å². The van der Waals surface area contributed by atoms with Gasteiger partial charge >= 0.3 is 0 Å². The second-order valence-electron chi connectivity index (χ2n) is 6.13. The van der Waals surface area contributed by atoms with E-state index in [1.54, 1.807) is 27.7 Å². The van der Waals surface area contributed by atoms with Crippen LogP contribution in [0.25, 0.3) is 0 Å². The van der Waals surface area contributed by atoms with Gasteiger partial charge in [-0.2, -0.15) is 5.10 Å². The molecule has 1 N–H and O–H groups in total. The van der Waals surface area contributed by atoms with Crippen LogP contribution in [0.2, 0.25) is 0 Å². The molecule has 120 valence electrons. The van der Waals surface area contributed by atoms with E-state index in [2.05, 4.69) is 29.0 Å². The summed E-state index contributed by atoms with van der Waals surface area (Å²) in [6, 6.07) is 8.38. The van der Waals surface area contributed by atoms with Gasteiger partial charge in [-0.1, -0.05) is 12.1 Å². The zero-order chi connectivity index (χ0) is 15.6. The predicted molar refractivity (Wildman–Crippen MR) is 94.2 cm³/mol. The number of carbonyl (C=O) groups is 1. The SMILES string of the molecule is O=C(C[NH+]1CCCC1)N1N=C(c2cccs2)C[C@@H]1c1cccs1. The maximum absolute atomic E-state index is 12.8. The number of amides is 1. The lowest BCUT2D eigenvalue weighted by molar-refractivity contribution is -0.879. The normalized spacial score (nSPS) is 21.8. The highest BCUT2D eigenvalue weighted by molar-refractivity contribution is 7.12. The summed E-state index contributed by atoms with van der Waals surface area (Å²) in [4.78, 5) is 16.6. The number of thiophene rings is 2. The van der Waals surface area contributed by atoms with E-state index in [0.29, 0.717) is 6.54 Å². The van der Waals surface area contributed by atoms with E-state index in [0.717, 1.165) is 25.2 Å². The molecule has 4 nitrogen and oxygen atoms in total. The van der Waals surface area contributed by atoms with E-state index in [9.17, 15) is 4.79 Å². The third-order valence-electron chi connectivity index (χ3n) is 4.55. The first kappa shape index (κ1) is 15.1. The highest BCUT2D eigenvalue weighted by atomic mass is 32.1. The van der Waals surface area contributed by atoms with Crippen LogP contribution in [-0.2, 0) is 4.79 Å². The molecule has 1 saturated heterocycles. The number of nitrogens with zero attached hydrogens (tertiary/aromatic N) is 2. The molecule has 2 aromatic rings. The average Bonchev–Trinajstić information content (AvgIpc) is 3.30. The van der Waals surface area contributed by atoms with Gasteiger partial charge in [0.1, 0.15) is 0 Å². The van der Waals surface area contributed by atoms with Crippen molar-refractivity contribution in [2.75, 3.05) is 19.6 Å². The predicted octanol–water partition coefficient (Wildman–Crippen LogP) is 2.17. The molecule has 0 unspecified atom stereocenters. The van der Waals surface area contributed by atoms with E-state index >= 15 is 0 Å². The fourth-order valence-electron chi connectivity index (χ4n) is 3.38. The van der Waals surface area contributed by atoms with Gasteiger partial charge in [-0.3, -0.25) is 4.79 Å². The van der Waals surface area contributed by atoms with E-state index < -0.39 is 0 Å². The number of hydrogen-bond acceptors (Lipinski definition) is 4. The second-order valence-corrected chi connectivity index (χ2v) is 8.06. The van der Waals surface area contributed by atoms with Gasteiger partial charge in [-0.15, -0.1) is 22.7 Å². The molecule has 23 heavy (non-hydrogen) atoms. The smallest absolute Gasteiger partial charge is 0.298 e. The van der Waals surface area contributed by atoms with Crippen LogP contribution in [-0.4, -0.2) is 36.3 Å². The molecule has 2 aliphatic heterocycles. The molecule has 4 rings (SSSR count). The Morgan fingerprint density at radius 3 is 2.70 bits per heavy atom. The average molecular weight is 347 g/mol. The Morgan fingerprint density at radius 2 is 2.00 bits per heavy atom.